The van der Waals surface area contributed by atoms with E-state index in [9.17, 15) is 4.79 Å². The van der Waals surface area contributed by atoms with Crippen LogP contribution >= 0.6 is 0 Å². The molecule has 0 aliphatic rings. The number of aromatic nitrogens is 3. The Morgan fingerprint density at radius 2 is 2.33 bits per heavy atom. The van der Waals surface area contributed by atoms with Crippen LogP contribution in [0.3, 0.4) is 0 Å². The summed E-state index contributed by atoms with van der Waals surface area (Å²) in [6.45, 7) is 0. The van der Waals surface area contributed by atoms with Crippen LogP contribution in [0.2, 0.25) is 0 Å². The van der Waals surface area contributed by atoms with Gasteiger partial charge in [-0.15, -0.1) is 5.10 Å². The van der Waals surface area contributed by atoms with E-state index in [2.05, 4.69) is 10.3 Å². The number of hydrogen-bond acceptors (Lipinski definition) is 3. The van der Waals surface area contributed by atoms with Crippen molar-refractivity contribution in [1.82, 2.24) is 15.0 Å². The Hall–Kier alpha value is -1.97. The van der Waals surface area contributed by atoms with E-state index in [1.54, 1.807) is 17.1 Å². The monoisotopic (exact) mass is 201 g/mol. The van der Waals surface area contributed by atoms with E-state index in [0.29, 0.717) is 6.42 Å². The molecule has 0 aliphatic heterocycles. The molecule has 76 valence electrons. The van der Waals surface area contributed by atoms with Gasteiger partial charge in [0.05, 0.1) is 18.1 Å². The SMILES string of the molecule is O=CCCc1cccc(-n2ccnn2)c1. The zero-order chi connectivity index (χ0) is 10.5. The summed E-state index contributed by atoms with van der Waals surface area (Å²) in [4.78, 5) is 10.3. The lowest BCUT2D eigenvalue weighted by Crippen LogP contribution is -1.96. The average molecular weight is 201 g/mol. The molecule has 15 heavy (non-hydrogen) atoms. The first-order valence-electron chi connectivity index (χ1n) is 4.79. The first-order valence-corrected chi connectivity index (χ1v) is 4.79. The molecule has 0 saturated heterocycles. The zero-order valence-corrected chi connectivity index (χ0v) is 8.21. The molecule has 0 amide bonds. The molecule has 0 atom stereocenters. The summed E-state index contributed by atoms with van der Waals surface area (Å²) < 4.78 is 1.70. The Labute approximate surface area is 87.5 Å². The van der Waals surface area contributed by atoms with Crippen molar-refractivity contribution in [3.05, 3.63) is 42.2 Å². The van der Waals surface area contributed by atoms with Gasteiger partial charge in [-0.3, -0.25) is 0 Å². The molecule has 0 N–H and O–H groups in total. The Kier molecular flexibility index (Phi) is 2.88. The number of aryl methyl sites for hydroxylation is 1. The van der Waals surface area contributed by atoms with Crippen molar-refractivity contribution in [2.75, 3.05) is 0 Å². The standard InChI is InChI=1S/C11H11N3O/c15-8-2-4-10-3-1-5-11(9-10)14-7-6-12-13-14/h1,3,5-9H,2,4H2. The fourth-order valence-corrected chi connectivity index (χ4v) is 1.43. The molecule has 4 nitrogen and oxygen atoms in total. The second-order valence-corrected chi connectivity index (χ2v) is 3.22. The van der Waals surface area contributed by atoms with E-state index in [4.69, 9.17) is 0 Å². The van der Waals surface area contributed by atoms with Gasteiger partial charge in [-0.05, 0) is 24.1 Å². The van der Waals surface area contributed by atoms with E-state index in [-0.39, 0.29) is 0 Å². The fourth-order valence-electron chi connectivity index (χ4n) is 1.43. The second kappa shape index (κ2) is 4.50. The van der Waals surface area contributed by atoms with E-state index in [1.807, 2.05) is 24.3 Å². The Morgan fingerprint density at radius 3 is 3.07 bits per heavy atom. The normalized spacial score (nSPS) is 10.1. The predicted molar refractivity (Wildman–Crippen MR) is 55.7 cm³/mol. The lowest BCUT2D eigenvalue weighted by molar-refractivity contribution is -0.107. The quantitative estimate of drug-likeness (QED) is 0.702. The van der Waals surface area contributed by atoms with E-state index < -0.39 is 0 Å². The number of carbonyl (C=O) groups is 1. The highest BCUT2D eigenvalue weighted by Gasteiger charge is 1.98. The van der Waals surface area contributed by atoms with Crippen molar-refractivity contribution in [2.24, 2.45) is 0 Å². The van der Waals surface area contributed by atoms with E-state index in [1.165, 1.54) is 0 Å². The maximum absolute atomic E-state index is 10.3. The molecule has 2 aromatic rings. The number of aldehydes is 1. The van der Waals surface area contributed by atoms with Gasteiger partial charge in [-0.1, -0.05) is 17.3 Å². The fraction of sp³-hybridized carbons (Fsp3) is 0.182. The summed E-state index contributed by atoms with van der Waals surface area (Å²) in [7, 11) is 0. The van der Waals surface area contributed by atoms with Crippen LogP contribution in [0.5, 0.6) is 0 Å². The van der Waals surface area contributed by atoms with Crippen LogP contribution in [0, 0.1) is 0 Å². The molecular weight excluding hydrogens is 190 g/mol. The molecule has 0 saturated carbocycles. The maximum Gasteiger partial charge on any atom is 0.120 e. The van der Waals surface area contributed by atoms with Crippen LogP contribution in [0.1, 0.15) is 12.0 Å². The third-order valence-corrected chi connectivity index (χ3v) is 2.15. The summed E-state index contributed by atoms with van der Waals surface area (Å²) in [5.41, 5.74) is 2.10. The van der Waals surface area contributed by atoms with Gasteiger partial charge in [0.1, 0.15) is 6.29 Å². The molecule has 0 bridgehead atoms. The maximum atomic E-state index is 10.3. The molecule has 1 aromatic carbocycles. The molecule has 0 radical (unpaired) electrons. The first-order chi connectivity index (χ1) is 7.40. The summed E-state index contributed by atoms with van der Waals surface area (Å²) in [6.07, 6.45) is 5.69. The molecule has 0 aliphatic carbocycles. The summed E-state index contributed by atoms with van der Waals surface area (Å²) in [5, 5.41) is 7.65. The smallest absolute Gasteiger partial charge is 0.120 e. The highest BCUT2D eigenvalue weighted by atomic mass is 16.1. The minimum absolute atomic E-state index is 0.556. The number of rotatable bonds is 4. The van der Waals surface area contributed by atoms with Crippen LogP contribution in [0.4, 0.5) is 0 Å². The van der Waals surface area contributed by atoms with Crippen LogP contribution in [0.15, 0.2) is 36.7 Å². The summed E-state index contributed by atoms with van der Waals surface area (Å²) in [5.74, 6) is 0. The summed E-state index contributed by atoms with van der Waals surface area (Å²) >= 11 is 0. The van der Waals surface area contributed by atoms with Gasteiger partial charge in [-0.25, -0.2) is 4.68 Å². The van der Waals surface area contributed by atoms with Crippen LogP contribution in [-0.4, -0.2) is 21.3 Å². The lowest BCUT2D eigenvalue weighted by atomic mass is 10.1. The van der Waals surface area contributed by atoms with Crippen molar-refractivity contribution < 1.29 is 4.79 Å². The van der Waals surface area contributed by atoms with Crippen molar-refractivity contribution in [3.8, 4) is 5.69 Å². The molecule has 0 spiro atoms. The second-order valence-electron chi connectivity index (χ2n) is 3.22. The predicted octanol–water partition coefficient (Wildman–Crippen LogP) is 1.40. The number of hydrogen-bond donors (Lipinski definition) is 0. The van der Waals surface area contributed by atoms with Crippen LogP contribution in [0.25, 0.3) is 5.69 Å². The number of nitrogens with zero attached hydrogens (tertiary/aromatic N) is 3. The Balaban J connectivity index is 2.23. The van der Waals surface area contributed by atoms with Gasteiger partial charge in [0, 0.05) is 6.42 Å². The van der Waals surface area contributed by atoms with Gasteiger partial charge in [0.15, 0.2) is 0 Å². The van der Waals surface area contributed by atoms with Gasteiger partial charge in [-0.2, -0.15) is 0 Å². The Morgan fingerprint density at radius 1 is 1.40 bits per heavy atom. The van der Waals surface area contributed by atoms with Crippen molar-refractivity contribution in [2.45, 2.75) is 12.8 Å². The minimum Gasteiger partial charge on any atom is -0.303 e. The molecule has 0 unspecified atom stereocenters. The van der Waals surface area contributed by atoms with Crippen LogP contribution < -0.4 is 0 Å². The lowest BCUT2D eigenvalue weighted by Gasteiger charge is -2.02. The third-order valence-electron chi connectivity index (χ3n) is 2.15. The highest BCUT2D eigenvalue weighted by Crippen LogP contribution is 2.10. The topological polar surface area (TPSA) is 47.8 Å². The van der Waals surface area contributed by atoms with Gasteiger partial charge in [0.2, 0.25) is 0 Å². The summed E-state index contributed by atoms with van der Waals surface area (Å²) in [6, 6.07) is 7.93. The van der Waals surface area contributed by atoms with Gasteiger partial charge in [0.25, 0.3) is 0 Å². The highest BCUT2D eigenvalue weighted by molar-refractivity contribution is 5.50. The number of carbonyl (C=O) groups excluding carboxylic acids is 1. The van der Waals surface area contributed by atoms with Crippen LogP contribution in [-0.2, 0) is 11.2 Å². The zero-order valence-electron chi connectivity index (χ0n) is 8.21. The largest absolute Gasteiger partial charge is 0.303 e. The molecule has 1 aromatic heterocycles. The van der Waals surface area contributed by atoms with Gasteiger partial charge >= 0.3 is 0 Å². The number of benzene rings is 1. The first kappa shape index (κ1) is 9.58. The molecular formula is C11H11N3O. The Bertz CT molecular complexity index is 437. The molecule has 4 heteroatoms. The van der Waals surface area contributed by atoms with Gasteiger partial charge < -0.3 is 4.79 Å². The molecule has 2 rings (SSSR count). The van der Waals surface area contributed by atoms with Crippen molar-refractivity contribution in [3.63, 3.8) is 0 Å². The minimum atomic E-state index is 0.556. The van der Waals surface area contributed by atoms with E-state index >= 15 is 0 Å². The molecule has 1 heterocycles. The average Bonchev–Trinajstić information content (AvgIpc) is 2.80. The molecule has 0 fully saturated rings. The van der Waals surface area contributed by atoms with Crippen molar-refractivity contribution >= 4 is 6.29 Å². The van der Waals surface area contributed by atoms with E-state index in [0.717, 1.165) is 24.0 Å². The van der Waals surface area contributed by atoms with Crippen molar-refractivity contribution in [1.29, 1.82) is 0 Å². The third kappa shape index (κ3) is 2.28.